The fourth-order valence-electron chi connectivity index (χ4n) is 2.22. The number of nitrogens with two attached hydrogens (primary N) is 1. The molecule has 24 heavy (non-hydrogen) atoms. The maximum absolute atomic E-state index is 13.1. The minimum absolute atomic E-state index is 0.0859. The van der Waals surface area contributed by atoms with Crippen molar-refractivity contribution in [1.29, 1.82) is 0 Å². The molecule has 0 aromatic heterocycles. The summed E-state index contributed by atoms with van der Waals surface area (Å²) in [6, 6.07) is 7.95. The number of primary sulfonamides is 1. The van der Waals surface area contributed by atoms with Crippen molar-refractivity contribution in [2.24, 2.45) is 5.14 Å². The van der Waals surface area contributed by atoms with Gasteiger partial charge in [0, 0.05) is 18.1 Å². The lowest BCUT2D eigenvalue weighted by Crippen LogP contribution is -2.21. The van der Waals surface area contributed by atoms with Crippen LogP contribution in [0.15, 0.2) is 45.8 Å². The summed E-state index contributed by atoms with van der Waals surface area (Å²) in [6.07, 6.45) is 0. The monoisotopic (exact) mass is 417 g/mol. The van der Waals surface area contributed by atoms with E-state index in [1.165, 1.54) is 35.2 Å². The summed E-state index contributed by atoms with van der Waals surface area (Å²) in [5.41, 5.74) is 0.165. The first kappa shape index (κ1) is 18.3. The number of para-hydroxylation sites is 1. The van der Waals surface area contributed by atoms with Crippen molar-refractivity contribution in [1.82, 2.24) is 0 Å². The molecule has 7 nitrogen and oxygen atoms in total. The highest BCUT2D eigenvalue weighted by molar-refractivity contribution is 9.10. The van der Waals surface area contributed by atoms with Crippen LogP contribution in [0.4, 0.5) is 15.8 Å². The van der Waals surface area contributed by atoms with Crippen LogP contribution in [-0.2, 0) is 16.6 Å². The first-order valence-corrected chi connectivity index (χ1v) is 8.90. The lowest BCUT2D eigenvalue weighted by molar-refractivity contribution is -0.387. The Labute approximate surface area is 146 Å². The van der Waals surface area contributed by atoms with Crippen LogP contribution in [0.1, 0.15) is 5.56 Å². The molecule has 0 heterocycles. The van der Waals surface area contributed by atoms with Crippen molar-refractivity contribution in [2.75, 3.05) is 11.9 Å². The summed E-state index contributed by atoms with van der Waals surface area (Å²) in [6.45, 7) is 0.190. The number of hydrogen-bond donors (Lipinski definition) is 1. The largest absolute Gasteiger partial charge is 0.365 e. The number of nitro benzene ring substituents is 1. The highest BCUT2D eigenvalue weighted by Gasteiger charge is 2.28. The van der Waals surface area contributed by atoms with Gasteiger partial charge in [-0.1, -0.05) is 28.1 Å². The Balaban J connectivity index is 2.50. The smallest absolute Gasteiger partial charge is 0.312 e. The van der Waals surface area contributed by atoms with Gasteiger partial charge in [-0.05, 0) is 29.8 Å². The molecule has 0 saturated carbocycles. The quantitative estimate of drug-likeness (QED) is 0.594. The van der Waals surface area contributed by atoms with Gasteiger partial charge in [0.25, 0.3) is 0 Å². The topological polar surface area (TPSA) is 107 Å². The van der Waals surface area contributed by atoms with Crippen LogP contribution in [-0.4, -0.2) is 20.4 Å². The number of anilines is 1. The number of hydrogen-bond acceptors (Lipinski definition) is 5. The van der Waals surface area contributed by atoms with E-state index >= 15 is 0 Å². The first-order valence-electron chi connectivity index (χ1n) is 6.56. The lowest BCUT2D eigenvalue weighted by atomic mass is 10.2. The zero-order valence-electron chi connectivity index (χ0n) is 12.4. The zero-order chi connectivity index (χ0) is 18.1. The summed E-state index contributed by atoms with van der Waals surface area (Å²) in [7, 11) is -2.69. The molecule has 10 heteroatoms. The standard InChI is InChI=1S/C14H13BrFN3O4S/c1-18(8-9-5-6-10(16)7-11(9)15)12-3-2-4-13(24(17,22)23)14(12)19(20)21/h2-7H,8H2,1H3,(H2,17,22,23). The fraction of sp³-hybridized carbons (Fsp3) is 0.143. The molecule has 0 aliphatic carbocycles. The SMILES string of the molecule is CN(Cc1ccc(F)cc1Br)c1cccc(S(N)(=O)=O)c1[N+](=O)[O-]. The predicted molar refractivity (Wildman–Crippen MR) is 90.7 cm³/mol. The van der Waals surface area contributed by atoms with Crippen molar-refractivity contribution < 1.29 is 17.7 Å². The van der Waals surface area contributed by atoms with Crippen LogP contribution in [0.25, 0.3) is 0 Å². The number of nitrogens with zero attached hydrogens (tertiary/aromatic N) is 2. The minimum Gasteiger partial charge on any atom is -0.365 e. The van der Waals surface area contributed by atoms with Crippen molar-refractivity contribution in [2.45, 2.75) is 11.4 Å². The molecule has 0 atom stereocenters. The molecule has 2 N–H and O–H groups in total. The first-order chi connectivity index (χ1) is 11.1. The molecular formula is C14H13BrFN3O4S. The van der Waals surface area contributed by atoms with E-state index in [2.05, 4.69) is 15.9 Å². The average molecular weight is 418 g/mol. The summed E-state index contributed by atoms with van der Waals surface area (Å²) < 4.78 is 36.8. The number of halogens is 2. The van der Waals surface area contributed by atoms with Gasteiger partial charge < -0.3 is 4.90 Å². The number of rotatable bonds is 5. The predicted octanol–water partition coefficient (Wildman–Crippen LogP) is 2.78. The average Bonchev–Trinajstić information content (AvgIpc) is 2.48. The van der Waals surface area contributed by atoms with Crippen LogP contribution >= 0.6 is 15.9 Å². The Kier molecular flexibility index (Phi) is 5.21. The van der Waals surface area contributed by atoms with Crippen LogP contribution in [0.5, 0.6) is 0 Å². The molecular weight excluding hydrogens is 405 g/mol. The summed E-state index contributed by atoms with van der Waals surface area (Å²) in [5.74, 6) is -0.421. The lowest BCUT2D eigenvalue weighted by Gasteiger charge is -2.20. The third-order valence-electron chi connectivity index (χ3n) is 3.30. The number of nitro groups is 1. The number of sulfonamides is 1. The Hall–Kier alpha value is -2.04. The van der Waals surface area contributed by atoms with Gasteiger partial charge >= 0.3 is 5.69 Å². The second-order valence-electron chi connectivity index (χ2n) is 5.02. The molecule has 0 saturated heterocycles. The summed E-state index contributed by atoms with van der Waals surface area (Å²) >= 11 is 3.23. The third-order valence-corrected chi connectivity index (χ3v) is 4.98. The maximum Gasteiger partial charge on any atom is 0.312 e. The highest BCUT2D eigenvalue weighted by Crippen LogP contribution is 2.34. The highest BCUT2D eigenvalue weighted by atomic mass is 79.9. The van der Waals surface area contributed by atoms with E-state index < -0.39 is 31.3 Å². The number of benzene rings is 2. The molecule has 0 aliphatic rings. The molecule has 0 aliphatic heterocycles. The normalized spacial score (nSPS) is 11.3. The third kappa shape index (κ3) is 3.89. The minimum atomic E-state index is -4.25. The summed E-state index contributed by atoms with van der Waals surface area (Å²) in [4.78, 5) is 11.5. The van der Waals surface area contributed by atoms with E-state index in [0.29, 0.717) is 10.0 Å². The molecule has 2 aromatic rings. The Morgan fingerprint density at radius 2 is 2.00 bits per heavy atom. The molecule has 0 bridgehead atoms. The van der Waals surface area contributed by atoms with Gasteiger partial charge in [0.15, 0.2) is 4.90 Å². The molecule has 2 rings (SSSR count). The Bertz CT molecular complexity index is 905. The molecule has 0 spiro atoms. The van der Waals surface area contributed by atoms with Gasteiger partial charge in [-0.15, -0.1) is 0 Å². The van der Waals surface area contributed by atoms with Crippen molar-refractivity contribution in [3.05, 3.63) is 62.4 Å². The molecule has 0 fully saturated rings. The second-order valence-corrected chi connectivity index (χ2v) is 7.40. The molecule has 128 valence electrons. The van der Waals surface area contributed by atoms with E-state index in [1.807, 2.05) is 0 Å². The van der Waals surface area contributed by atoms with Crippen LogP contribution < -0.4 is 10.0 Å². The molecule has 2 aromatic carbocycles. The Morgan fingerprint density at radius 3 is 2.54 bits per heavy atom. The van der Waals surface area contributed by atoms with Gasteiger partial charge in [-0.2, -0.15) is 0 Å². The van der Waals surface area contributed by atoms with Crippen molar-refractivity contribution in [3.63, 3.8) is 0 Å². The van der Waals surface area contributed by atoms with Gasteiger partial charge in [-0.25, -0.2) is 17.9 Å². The van der Waals surface area contributed by atoms with Crippen molar-refractivity contribution >= 4 is 37.3 Å². The second kappa shape index (κ2) is 6.83. The summed E-state index contributed by atoms with van der Waals surface area (Å²) in [5, 5.41) is 16.4. The van der Waals surface area contributed by atoms with E-state index in [9.17, 15) is 22.9 Å². The van der Waals surface area contributed by atoms with Gasteiger partial charge in [0.2, 0.25) is 10.0 Å². The van der Waals surface area contributed by atoms with Crippen LogP contribution in [0.3, 0.4) is 0 Å². The van der Waals surface area contributed by atoms with Gasteiger partial charge in [-0.3, -0.25) is 10.1 Å². The maximum atomic E-state index is 13.1. The molecule has 0 unspecified atom stereocenters. The van der Waals surface area contributed by atoms with Gasteiger partial charge in [0.1, 0.15) is 11.5 Å². The Morgan fingerprint density at radius 1 is 1.33 bits per heavy atom. The molecule has 0 amide bonds. The van der Waals surface area contributed by atoms with Crippen LogP contribution in [0.2, 0.25) is 0 Å². The zero-order valence-corrected chi connectivity index (χ0v) is 14.8. The van der Waals surface area contributed by atoms with E-state index in [-0.39, 0.29) is 12.2 Å². The fourth-order valence-corrected chi connectivity index (χ4v) is 3.42. The van der Waals surface area contributed by atoms with E-state index in [1.54, 1.807) is 7.05 Å². The van der Waals surface area contributed by atoms with Crippen LogP contribution in [0, 0.1) is 15.9 Å². The molecule has 0 radical (unpaired) electrons. The van der Waals surface area contributed by atoms with Gasteiger partial charge in [0.05, 0.1) is 4.92 Å². The van der Waals surface area contributed by atoms with E-state index in [4.69, 9.17) is 5.14 Å². The van der Waals surface area contributed by atoms with Crippen molar-refractivity contribution in [3.8, 4) is 0 Å². The van der Waals surface area contributed by atoms with E-state index in [0.717, 1.165) is 6.07 Å².